The van der Waals surface area contributed by atoms with E-state index in [9.17, 15) is 0 Å². The van der Waals surface area contributed by atoms with Gasteiger partial charge in [-0.2, -0.15) is 0 Å². The SMILES string of the molecule is c1ccc(C2=NC(c3ccc(-c4ccc(-c5ccccc5)cc4)cc3)N=C(c3ccc4ccc(-c5cccc6oc7ccccc7c56)cc4c3)N2)cc1. The van der Waals surface area contributed by atoms with Crippen molar-refractivity contribution in [2.45, 2.75) is 6.17 Å². The van der Waals surface area contributed by atoms with E-state index in [-0.39, 0.29) is 0 Å². The first-order chi connectivity index (χ1) is 26.2. The molecule has 0 bridgehead atoms. The van der Waals surface area contributed by atoms with Gasteiger partial charge in [-0.25, -0.2) is 9.98 Å². The number of furan rings is 1. The molecule has 1 unspecified atom stereocenters. The number of hydrogen-bond donors (Lipinski definition) is 1. The van der Waals surface area contributed by atoms with Crippen molar-refractivity contribution in [3.8, 4) is 33.4 Å². The van der Waals surface area contributed by atoms with Crippen LogP contribution in [0.1, 0.15) is 22.9 Å². The third-order valence-electron chi connectivity index (χ3n) is 10.1. The molecule has 8 aromatic carbocycles. The molecular weight excluding hydrogens is 647 g/mol. The van der Waals surface area contributed by atoms with E-state index in [2.05, 4.69) is 151 Å². The number of amidine groups is 2. The molecule has 4 heteroatoms. The monoisotopic (exact) mass is 679 g/mol. The van der Waals surface area contributed by atoms with Crippen LogP contribution >= 0.6 is 0 Å². The molecule has 1 aliphatic heterocycles. The summed E-state index contributed by atoms with van der Waals surface area (Å²) in [7, 11) is 0. The average molecular weight is 680 g/mol. The van der Waals surface area contributed by atoms with Crippen molar-refractivity contribution < 1.29 is 4.42 Å². The second kappa shape index (κ2) is 12.9. The van der Waals surface area contributed by atoms with Crippen molar-refractivity contribution in [1.29, 1.82) is 0 Å². The van der Waals surface area contributed by atoms with Crippen LogP contribution in [0.15, 0.2) is 202 Å². The summed E-state index contributed by atoms with van der Waals surface area (Å²) in [6, 6.07) is 65.9. The van der Waals surface area contributed by atoms with Crippen molar-refractivity contribution in [2.75, 3.05) is 0 Å². The number of fused-ring (bicyclic) bond motifs is 4. The van der Waals surface area contributed by atoms with Crippen LogP contribution in [0.2, 0.25) is 0 Å². The third-order valence-corrected chi connectivity index (χ3v) is 10.1. The molecular formula is C49H33N3O. The Morgan fingerprint density at radius 1 is 0.396 bits per heavy atom. The third kappa shape index (κ3) is 5.77. The quantitative estimate of drug-likeness (QED) is 0.190. The highest BCUT2D eigenvalue weighted by atomic mass is 16.3. The topological polar surface area (TPSA) is 49.9 Å². The molecule has 1 atom stereocenters. The minimum absolute atomic E-state index is 0.398. The zero-order valence-corrected chi connectivity index (χ0v) is 28.8. The fourth-order valence-corrected chi connectivity index (χ4v) is 7.40. The fraction of sp³-hybridized carbons (Fsp3) is 0.0204. The average Bonchev–Trinajstić information content (AvgIpc) is 3.63. The molecule has 0 spiro atoms. The molecule has 10 rings (SSSR count). The minimum atomic E-state index is -0.398. The van der Waals surface area contributed by atoms with Gasteiger partial charge in [0, 0.05) is 21.9 Å². The fourth-order valence-electron chi connectivity index (χ4n) is 7.40. The summed E-state index contributed by atoms with van der Waals surface area (Å²) < 4.78 is 6.21. The summed E-state index contributed by atoms with van der Waals surface area (Å²) in [5.74, 6) is 1.59. The summed E-state index contributed by atoms with van der Waals surface area (Å²) >= 11 is 0. The summed E-state index contributed by atoms with van der Waals surface area (Å²) in [6.45, 7) is 0. The molecule has 4 nitrogen and oxygen atoms in total. The Balaban J connectivity index is 1.00. The Hall–Kier alpha value is -7.04. The highest BCUT2D eigenvalue weighted by Crippen LogP contribution is 2.38. The number of aliphatic imine (C=N–C) groups is 2. The lowest BCUT2D eigenvalue weighted by Crippen LogP contribution is -2.36. The van der Waals surface area contributed by atoms with Crippen LogP contribution in [-0.4, -0.2) is 11.7 Å². The Morgan fingerprint density at radius 3 is 1.64 bits per heavy atom. The Kier molecular flexibility index (Phi) is 7.51. The van der Waals surface area contributed by atoms with Gasteiger partial charge in [0.15, 0.2) is 6.17 Å². The summed E-state index contributed by atoms with van der Waals surface area (Å²) in [4.78, 5) is 10.3. The zero-order chi connectivity index (χ0) is 35.1. The number of benzene rings is 8. The minimum Gasteiger partial charge on any atom is -0.456 e. The van der Waals surface area contributed by atoms with Gasteiger partial charge in [-0.3, -0.25) is 0 Å². The van der Waals surface area contributed by atoms with E-state index in [1.165, 1.54) is 22.1 Å². The van der Waals surface area contributed by atoms with Crippen molar-refractivity contribution in [3.63, 3.8) is 0 Å². The molecule has 0 saturated carbocycles. The van der Waals surface area contributed by atoms with Crippen molar-refractivity contribution >= 4 is 44.4 Å². The van der Waals surface area contributed by atoms with E-state index in [1.807, 2.05) is 42.5 Å². The van der Waals surface area contributed by atoms with Gasteiger partial charge in [0.05, 0.1) is 0 Å². The molecule has 1 aromatic heterocycles. The maximum absolute atomic E-state index is 6.21. The van der Waals surface area contributed by atoms with Crippen LogP contribution in [0.3, 0.4) is 0 Å². The molecule has 0 amide bonds. The maximum Gasteiger partial charge on any atom is 0.169 e. The van der Waals surface area contributed by atoms with E-state index in [4.69, 9.17) is 14.4 Å². The smallest absolute Gasteiger partial charge is 0.169 e. The van der Waals surface area contributed by atoms with E-state index in [1.54, 1.807) is 0 Å². The van der Waals surface area contributed by atoms with Crippen LogP contribution in [0.25, 0.3) is 66.1 Å². The normalized spacial score (nSPS) is 14.2. The van der Waals surface area contributed by atoms with Crippen LogP contribution < -0.4 is 5.32 Å². The lowest BCUT2D eigenvalue weighted by atomic mass is 9.96. The molecule has 9 aromatic rings. The van der Waals surface area contributed by atoms with Crippen molar-refractivity contribution in [3.05, 3.63) is 205 Å². The van der Waals surface area contributed by atoms with Gasteiger partial charge < -0.3 is 9.73 Å². The molecule has 2 heterocycles. The number of nitrogens with zero attached hydrogens (tertiary/aromatic N) is 2. The molecule has 250 valence electrons. The number of nitrogens with one attached hydrogen (secondary N) is 1. The second-order valence-electron chi connectivity index (χ2n) is 13.4. The Morgan fingerprint density at radius 2 is 0.925 bits per heavy atom. The number of para-hydroxylation sites is 1. The summed E-state index contributed by atoms with van der Waals surface area (Å²) in [5, 5.41) is 8.15. The predicted octanol–water partition coefficient (Wildman–Crippen LogP) is 12.2. The van der Waals surface area contributed by atoms with Crippen molar-refractivity contribution in [1.82, 2.24) is 5.32 Å². The summed E-state index contributed by atoms with van der Waals surface area (Å²) in [6.07, 6.45) is -0.398. The highest BCUT2D eigenvalue weighted by molar-refractivity contribution is 6.17. The first kappa shape index (κ1) is 30.8. The number of rotatable bonds is 6. The predicted molar refractivity (Wildman–Crippen MR) is 219 cm³/mol. The van der Waals surface area contributed by atoms with E-state index < -0.39 is 6.17 Å². The van der Waals surface area contributed by atoms with Gasteiger partial charge in [-0.1, -0.05) is 164 Å². The lowest BCUT2D eigenvalue weighted by Gasteiger charge is -2.22. The van der Waals surface area contributed by atoms with Crippen LogP contribution in [0, 0.1) is 0 Å². The largest absolute Gasteiger partial charge is 0.456 e. The Bertz CT molecular complexity index is 2830. The molecule has 0 radical (unpaired) electrons. The van der Waals surface area contributed by atoms with Gasteiger partial charge in [0.2, 0.25) is 0 Å². The first-order valence-electron chi connectivity index (χ1n) is 17.9. The van der Waals surface area contributed by atoms with Gasteiger partial charge >= 0.3 is 0 Å². The lowest BCUT2D eigenvalue weighted by molar-refractivity contribution is 0.669. The van der Waals surface area contributed by atoms with E-state index >= 15 is 0 Å². The molecule has 1 aliphatic rings. The summed E-state index contributed by atoms with van der Waals surface area (Å²) in [5.41, 5.74) is 11.9. The molecule has 0 aliphatic carbocycles. The van der Waals surface area contributed by atoms with Gasteiger partial charge in [0.1, 0.15) is 22.8 Å². The maximum atomic E-state index is 6.21. The zero-order valence-electron chi connectivity index (χ0n) is 28.8. The molecule has 0 saturated heterocycles. The first-order valence-corrected chi connectivity index (χ1v) is 17.9. The van der Waals surface area contributed by atoms with Crippen LogP contribution in [0.5, 0.6) is 0 Å². The van der Waals surface area contributed by atoms with Gasteiger partial charge in [0.25, 0.3) is 0 Å². The standard InChI is InChI=1S/C49H33N3O/c1-3-10-32(11-4-1)33-18-20-34(21-19-33)35-22-26-38(27-23-35)48-50-47(37-12-5-2-6-13-37)51-49(52-48)40-29-25-36-24-28-39(30-41(36)31-40)42-15-9-17-45-46(42)43-14-7-8-16-44(43)53-45/h1-31,48H,(H,50,51,52). The molecule has 0 fully saturated rings. The van der Waals surface area contributed by atoms with E-state index in [0.717, 1.165) is 72.4 Å². The molecule has 53 heavy (non-hydrogen) atoms. The van der Waals surface area contributed by atoms with Crippen LogP contribution in [-0.2, 0) is 0 Å². The second-order valence-corrected chi connectivity index (χ2v) is 13.4. The number of hydrogen-bond acceptors (Lipinski definition) is 4. The van der Waals surface area contributed by atoms with Gasteiger partial charge in [-0.05, 0) is 74.0 Å². The van der Waals surface area contributed by atoms with E-state index in [0.29, 0.717) is 0 Å². The van der Waals surface area contributed by atoms with Crippen LogP contribution in [0.4, 0.5) is 0 Å². The highest BCUT2D eigenvalue weighted by Gasteiger charge is 2.21. The van der Waals surface area contributed by atoms with Gasteiger partial charge in [-0.15, -0.1) is 0 Å². The Labute approximate surface area is 307 Å². The van der Waals surface area contributed by atoms with Crippen molar-refractivity contribution in [2.24, 2.45) is 9.98 Å². The molecule has 1 N–H and O–H groups in total.